The number of hydrogen-bond donors (Lipinski definition) is 2. The zero-order chi connectivity index (χ0) is 14.5. The minimum Gasteiger partial charge on any atom is -0.376 e. The third-order valence-corrected chi connectivity index (χ3v) is 2.77. The van der Waals surface area contributed by atoms with Gasteiger partial charge >= 0.3 is 0 Å². The first-order chi connectivity index (χ1) is 9.54. The van der Waals surface area contributed by atoms with Crippen LogP contribution in [0.15, 0.2) is 42.5 Å². The van der Waals surface area contributed by atoms with Gasteiger partial charge in [-0.1, -0.05) is 6.07 Å². The maximum Gasteiger partial charge on any atom is 0.243 e. The topological polar surface area (TPSA) is 41.1 Å². The minimum absolute atomic E-state index is 0.00166. The zero-order valence-corrected chi connectivity index (χ0v) is 10.9. The monoisotopic (exact) mass is 276 g/mol. The Balaban J connectivity index is 1.92. The maximum atomic E-state index is 13.1. The number of aryl methyl sites for hydroxylation is 1. The van der Waals surface area contributed by atoms with Gasteiger partial charge in [0.1, 0.15) is 11.6 Å². The largest absolute Gasteiger partial charge is 0.376 e. The number of benzene rings is 2. The van der Waals surface area contributed by atoms with Crippen LogP contribution in [0.5, 0.6) is 0 Å². The van der Waals surface area contributed by atoms with E-state index in [0.717, 1.165) is 5.56 Å². The summed E-state index contributed by atoms with van der Waals surface area (Å²) in [6, 6.07) is 9.80. The van der Waals surface area contributed by atoms with E-state index in [1.807, 2.05) is 6.92 Å². The highest BCUT2D eigenvalue weighted by molar-refractivity contribution is 5.93. The van der Waals surface area contributed by atoms with E-state index in [0.29, 0.717) is 11.4 Å². The summed E-state index contributed by atoms with van der Waals surface area (Å²) in [4.78, 5) is 11.7. The second-order valence-corrected chi connectivity index (χ2v) is 4.37. The molecule has 2 rings (SSSR count). The second kappa shape index (κ2) is 6.14. The van der Waals surface area contributed by atoms with Crippen molar-refractivity contribution in [1.29, 1.82) is 0 Å². The predicted molar refractivity (Wildman–Crippen MR) is 74.7 cm³/mol. The molecule has 1 amide bonds. The number of nitrogens with one attached hydrogen (secondary N) is 2. The van der Waals surface area contributed by atoms with E-state index in [4.69, 9.17) is 0 Å². The Bertz CT molecular complexity index is 612. The second-order valence-electron chi connectivity index (χ2n) is 4.37. The summed E-state index contributed by atoms with van der Waals surface area (Å²) in [6.45, 7) is 1.82. The van der Waals surface area contributed by atoms with Gasteiger partial charge in [-0.2, -0.15) is 0 Å². The summed E-state index contributed by atoms with van der Waals surface area (Å²) in [7, 11) is 0. The van der Waals surface area contributed by atoms with Crippen molar-refractivity contribution in [2.75, 3.05) is 17.2 Å². The molecule has 0 saturated heterocycles. The number of carbonyl (C=O) groups excluding carboxylic acids is 1. The Morgan fingerprint density at radius 2 is 1.70 bits per heavy atom. The molecule has 0 heterocycles. The summed E-state index contributed by atoms with van der Waals surface area (Å²) in [5, 5.41) is 5.47. The quantitative estimate of drug-likeness (QED) is 0.899. The van der Waals surface area contributed by atoms with E-state index in [9.17, 15) is 13.6 Å². The van der Waals surface area contributed by atoms with Crippen LogP contribution in [0.4, 0.5) is 20.2 Å². The van der Waals surface area contributed by atoms with Gasteiger partial charge in [0.25, 0.3) is 0 Å². The fourth-order valence-electron chi connectivity index (χ4n) is 1.70. The maximum absolute atomic E-state index is 13.1. The van der Waals surface area contributed by atoms with E-state index in [1.54, 1.807) is 6.07 Å². The molecular formula is C15H14F2N2O. The first-order valence-corrected chi connectivity index (χ1v) is 6.10. The van der Waals surface area contributed by atoms with Crippen LogP contribution in [0.1, 0.15) is 5.56 Å². The highest BCUT2D eigenvalue weighted by atomic mass is 19.1. The molecule has 0 unspecified atom stereocenters. The van der Waals surface area contributed by atoms with Crippen LogP contribution >= 0.6 is 0 Å². The van der Waals surface area contributed by atoms with Crippen molar-refractivity contribution in [3.63, 3.8) is 0 Å². The summed E-state index contributed by atoms with van der Waals surface area (Å²) in [5.41, 5.74) is 1.93. The van der Waals surface area contributed by atoms with Crippen molar-refractivity contribution in [1.82, 2.24) is 0 Å². The molecule has 2 aromatic rings. The lowest BCUT2D eigenvalue weighted by atomic mass is 10.2. The third-order valence-electron chi connectivity index (χ3n) is 2.77. The van der Waals surface area contributed by atoms with Crippen LogP contribution in [0.2, 0.25) is 0 Å². The molecule has 0 aliphatic rings. The van der Waals surface area contributed by atoms with Crippen LogP contribution in [0.3, 0.4) is 0 Å². The van der Waals surface area contributed by atoms with Gasteiger partial charge in [-0.3, -0.25) is 4.79 Å². The summed E-state index contributed by atoms with van der Waals surface area (Å²) < 4.78 is 25.8. The van der Waals surface area contributed by atoms with Crippen molar-refractivity contribution in [3.8, 4) is 0 Å². The summed E-state index contributed by atoms with van der Waals surface area (Å²) in [5.74, 6) is -1.02. The first kappa shape index (κ1) is 14.0. The van der Waals surface area contributed by atoms with Crippen LogP contribution in [0.25, 0.3) is 0 Å². The molecule has 20 heavy (non-hydrogen) atoms. The molecule has 0 fully saturated rings. The Kier molecular flexibility index (Phi) is 4.30. The number of amides is 1. The molecule has 0 saturated carbocycles. The predicted octanol–water partition coefficient (Wildman–Crippen LogP) is 3.32. The van der Waals surface area contributed by atoms with E-state index in [-0.39, 0.29) is 24.1 Å². The lowest BCUT2D eigenvalue weighted by molar-refractivity contribution is -0.114. The van der Waals surface area contributed by atoms with Crippen LogP contribution in [-0.2, 0) is 4.79 Å². The lowest BCUT2D eigenvalue weighted by Crippen LogP contribution is -2.22. The van der Waals surface area contributed by atoms with Gasteiger partial charge in [-0.15, -0.1) is 0 Å². The molecule has 0 radical (unpaired) electrons. The Morgan fingerprint density at radius 3 is 2.40 bits per heavy atom. The molecule has 5 heteroatoms. The van der Waals surface area contributed by atoms with Crippen LogP contribution in [-0.4, -0.2) is 12.5 Å². The minimum atomic E-state index is -0.364. The van der Waals surface area contributed by atoms with Gasteiger partial charge in [-0.05, 0) is 48.9 Å². The fraction of sp³-hybridized carbons (Fsp3) is 0.133. The number of anilines is 2. The standard InChI is InChI=1S/C15H14F2N2O/c1-10-2-3-12(17)8-14(10)18-9-15(20)19-13-6-4-11(16)5-7-13/h2-8,18H,9H2,1H3,(H,19,20). The SMILES string of the molecule is Cc1ccc(F)cc1NCC(=O)Nc1ccc(F)cc1. The molecule has 104 valence electrons. The van der Waals surface area contributed by atoms with Crippen LogP contribution < -0.4 is 10.6 Å². The lowest BCUT2D eigenvalue weighted by Gasteiger charge is -2.10. The van der Waals surface area contributed by atoms with E-state index in [2.05, 4.69) is 10.6 Å². The molecule has 2 aromatic carbocycles. The highest BCUT2D eigenvalue weighted by Gasteiger charge is 2.05. The highest BCUT2D eigenvalue weighted by Crippen LogP contribution is 2.15. The zero-order valence-electron chi connectivity index (χ0n) is 10.9. The number of halogens is 2. The van der Waals surface area contributed by atoms with Crippen LogP contribution in [0, 0.1) is 18.6 Å². The average Bonchev–Trinajstić information content (AvgIpc) is 2.42. The molecule has 0 bridgehead atoms. The van der Waals surface area contributed by atoms with Gasteiger partial charge < -0.3 is 10.6 Å². The summed E-state index contributed by atoms with van der Waals surface area (Å²) in [6.07, 6.45) is 0. The molecule has 2 N–H and O–H groups in total. The Morgan fingerprint density at radius 1 is 1.05 bits per heavy atom. The normalized spacial score (nSPS) is 10.2. The number of rotatable bonds is 4. The van der Waals surface area contributed by atoms with Gasteiger partial charge in [0.2, 0.25) is 5.91 Å². The molecule has 0 aliphatic carbocycles. The Hall–Kier alpha value is -2.43. The molecule has 0 spiro atoms. The third kappa shape index (κ3) is 3.78. The van der Waals surface area contributed by atoms with Crippen molar-refractivity contribution in [2.45, 2.75) is 6.92 Å². The number of carbonyl (C=O) groups is 1. The average molecular weight is 276 g/mol. The molecule has 0 aliphatic heterocycles. The molecule has 3 nitrogen and oxygen atoms in total. The van der Waals surface area contributed by atoms with Crippen molar-refractivity contribution < 1.29 is 13.6 Å². The van der Waals surface area contributed by atoms with E-state index in [1.165, 1.54) is 36.4 Å². The van der Waals surface area contributed by atoms with E-state index >= 15 is 0 Å². The summed E-state index contributed by atoms with van der Waals surface area (Å²) >= 11 is 0. The van der Waals surface area contributed by atoms with Gasteiger partial charge in [0.05, 0.1) is 6.54 Å². The van der Waals surface area contributed by atoms with Crippen molar-refractivity contribution >= 4 is 17.3 Å². The van der Waals surface area contributed by atoms with Crippen molar-refractivity contribution in [3.05, 3.63) is 59.7 Å². The fourth-order valence-corrected chi connectivity index (χ4v) is 1.70. The van der Waals surface area contributed by atoms with Gasteiger partial charge in [0, 0.05) is 11.4 Å². The van der Waals surface area contributed by atoms with Gasteiger partial charge in [0.15, 0.2) is 0 Å². The molecule has 0 atom stereocenters. The smallest absolute Gasteiger partial charge is 0.243 e. The van der Waals surface area contributed by atoms with E-state index < -0.39 is 0 Å². The first-order valence-electron chi connectivity index (χ1n) is 6.10. The number of hydrogen-bond acceptors (Lipinski definition) is 2. The molecule has 0 aromatic heterocycles. The molecular weight excluding hydrogens is 262 g/mol. The Labute approximate surface area is 115 Å². The van der Waals surface area contributed by atoms with Crippen molar-refractivity contribution in [2.24, 2.45) is 0 Å². The van der Waals surface area contributed by atoms with Gasteiger partial charge in [-0.25, -0.2) is 8.78 Å².